The minimum Gasteiger partial charge on any atom is -0.495 e. The number of methoxy groups -OCH3 is 2. The summed E-state index contributed by atoms with van der Waals surface area (Å²) in [5.41, 5.74) is -0.761. The molecule has 1 aromatic carbocycles. The summed E-state index contributed by atoms with van der Waals surface area (Å²) in [6, 6.07) is 0.649. The van der Waals surface area contributed by atoms with E-state index in [2.05, 4.69) is 10.6 Å². The third-order valence-electron chi connectivity index (χ3n) is 15.4. The van der Waals surface area contributed by atoms with E-state index in [1.165, 1.54) is 40.1 Å². The summed E-state index contributed by atoms with van der Waals surface area (Å²) in [7, 11) is 7.10. The van der Waals surface area contributed by atoms with Gasteiger partial charge in [0, 0.05) is 52.9 Å². The Labute approximate surface area is 459 Å². The normalized spacial score (nSPS) is 29.7. The first kappa shape index (κ1) is 60.8. The number of carbonyl (C=O) groups excluding carboxylic acids is 8. The molecule has 6 amide bonds. The van der Waals surface area contributed by atoms with Gasteiger partial charge in [-0.25, -0.2) is 24.0 Å². The summed E-state index contributed by atoms with van der Waals surface area (Å²) in [4.78, 5) is 116. The lowest BCUT2D eigenvalue weighted by Crippen LogP contribution is -2.63. The van der Waals surface area contributed by atoms with Crippen molar-refractivity contribution < 1.29 is 81.8 Å². The second-order valence-corrected chi connectivity index (χ2v) is 21.5. The van der Waals surface area contributed by atoms with Crippen molar-refractivity contribution in [2.24, 2.45) is 17.3 Å². The highest BCUT2D eigenvalue weighted by Crippen LogP contribution is 2.61. The number of aliphatic hydroxyl groups is 2. The largest absolute Gasteiger partial charge is 0.495 e. The summed E-state index contributed by atoms with van der Waals surface area (Å²) in [6.07, 6.45) is 5.40. The van der Waals surface area contributed by atoms with Gasteiger partial charge in [0.1, 0.15) is 53.9 Å². The molecule has 4 bridgehead atoms. The molecule has 11 atom stereocenters. The van der Waals surface area contributed by atoms with Crippen molar-refractivity contribution in [2.45, 2.75) is 153 Å². The van der Waals surface area contributed by atoms with Gasteiger partial charge in [-0.3, -0.25) is 19.7 Å². The van der Waals surface area contributed by atoms with Crippen LogP contribution in [-0.2, 0) is 58.9 Å². The maximum absolute atomic E-state index is 14.5. The minimum atomic E-state index is -1.86. The number of allylic oxidation sites excluding steroid dienone is 4. The second kappa shape index (κ2) is 26.5. The number of rotatable bonds is 14. The van der Waals surface area contributed by atoms with Crippen molar-refractivity contribution in [1.82, 2.24) is 25.5 Å². The molecule has 0 radical (unpaired) electrons. The molecular formula is C54H75ClN6O17. The number of nitrogens with zero attached hydrogens (tertiary/aromatic N) is 4. The number of aliphatic hydroxyl groups excluding tert-OH is 1. The second-order valence-electron chi connectivity index (χ2n) is 21.1. The number of nitrogens with one attached hydrogen (secondary N) is 2. The zero-order valence-corrected chi connectivity index (χ0v) is 46.6. The Morgan fingerprint density at radius 2 is 1.76 bits per heavy atom. The molecule has 3 fully saturated rings. The fourth-order valence-corrected chi connectivity index (χ4v) is 10.6. The molecule has 2 aliphatic carbocycles. The highest BCUT2D eigenvalue weighted by atomic mass is 35.5. The molecule has 4 N–H and O–H groups in total. The van der Waals surface area contributed by atoms with Gasteiger partial charge in [-0.2, -0.15) is 0 Å². The van der Waals surface area contributed by atoms with Gasteiger partial charge in [-0.1, -0.05) is 61.7 Å². The number of fused-ring (bicyclic) bond motifs is 5. The third-order valence-corrected chi connectivity index (χ3v) is 15.8. The molecule has 4 unspecified atom stereocenters. The van der Waals surface area contributed by atoms with Crippen molar-refractivity contribution >= 4 is 65.2 Å². The molecule has 3 aliphatic heterocycles. The average molecular weight is 1120 g/mol. The molecule has 0 spiro atoms. The Hall–Kier alpha value is -6.43. The molecule has 1 saturated carbocycles. The Morgan fingerprint density at radius 1 is 1.01 bits per heavy atom. The predicted octanol–water partition coefficient (Wildman–Crippen LogP) is 5.22. The average Bonchev–Trinajstić information content (AvgIpc) is 4.14. The number of benzene rings is 1. The van der Waals surface area contributed by atoms with E-state index in [-0.39, 0.29) is 36.6 Å². The van der Waals surface area contributed by atoms with Crippen LogP contribution in [-0.4, -0.2) is 170 Å². The van der Waals surface area contributed by atoms with E-state index in [1.54, 1.807) is 37.4 Å². The maximum atomic E-state index is 14.5. The van der Waals surface area contributed by atoms with E-state index < -0.39 is 127 Å². The molecule has 24 heteroatoms. The van der Waals surface area contributed by atoms with Gasteiger partial charge in [-0.05, 0) is 88.0 Å². The number of anilines is 1. The van der Waals surface area contributed by atoms with Crippen LogP contribution in [0, 0.1) is 17.3 Å². The highest BCUT2D eigenvalue weighted by Gasteiger charge is 2.62. The molecule has 23 nitrogen and oxygen atoms in total. The number of esters is 1. The van der Waals surface area contributed by atoms with Crippen molar-refractivity contribution in [3.8, 4) is 5.75 Å². The molecule has 78 heavy (non-hydrogen) atoms. The van der Waals surface area contributed by atoms with Crippen molar-refractivity contribution in [1.29, 1.82) is 0 Å². The van der Waals surface area contributed by atoms with Gasteiger partial charge in [0.25, 0.3) is 5.91 Å². The van der Waals surface area contributed by atoms with E-state index in [9.17, 15) is 48.6 Å². The summed E-state index contributed by atoms with van der Waals surface area (Å²) in [6.45, 7) is 5.99. The highest BCUT2D eigenvalue weighted by molar-refractivity contribution is 6.35. The molecule has 0 aromatic heterocycles. The van der Waals surface area contributed by atoms with Gasteiger partial charge < -0.3 is 63.5 Å². The zero-order valence-electron chi connectivity index (χ0n) is 45.8. The van der Waals surface area contributed by atoms with Crippen LogP contribution >= 0.6 is 11.6 Å². The molecule has 6 rings (SSSR count). The van der Waals surface area contributed by atoms with E-state index in [4.69, 9.17) is 44.9 Å². The topological polar surface area (TPSA) is 279 Å². The number of hydroxylamine groups is 2. The third kappa shape index (κ3) is 15.0. The molecule has 5 aliphatic rings. The minimum absolute atomic E-state index is 0.00273. The van der Waals surface area contributed by atoms with Crippen LogP contribution in [0.15, 0.2) is 48.1 Å². The summed E-state index contributed by atoms with van der Waals surface area (Å²) in [5, 5.41) is 27.6. The number of hydrogen-bond acceptors (Lipinski definition) is 17. The molecule has 2 saturated heterocycles. The van der Waals surface area contributed by atoms with E-state index in [1.807, 2.05) is 32.9 Å². The van der Waals surface area contributed by atoms with Gasteiger partial charge >= 0.3 is 30.2 Å². The van der Waals surface area contributed by atoms with E-state index in [0.29, 0.717) is 35.8 Å². The van der Waals surface area contributed by atoms with Crippen LogP contribution < -0.4 is 20.3 Å². The standard InChI is InChI=1S/C54H75ClN6O17/c1-31-16-15-19-41(73-9)54(71)29-40(76-51(69)57-54)32(2)36-28-53(36,4)42(27-46(65)60(7)38-25-34(24-31)26-39(72-8)47(38)55)77-48(66)33(3)59(6)43(62)22-23-74-50(68)56-37(49(67)78-61-44(63)20-21-45(61)64)30-58(5)52(70)75-35-17-13-11-10-12-14-18-35/h13,15-17,19,25-26,32-33,35-37,40-42,44,63,71H,10-12,14,18,20-24,27-30H2,1-9H3,(H,56,68)(H,57,69)/b17-13+,19-15+,31-16+/t32-,33-,35?,36-,37?,40-,41+,42-,44?,53?,54-/m0/s1. The lowest BCUT2D eigenvalue weighted by atomic mass is 9.83. The number of hydrogen-bond donors (Lipinski definition) is 4. The van der Waals surface area contributed by atoms with Crippen molar-refractivity contribution in [2.75, 3.05) is 53.4 Å². The number of likely N-dealkylation sites (N-methyl/N-ethyl adjacent to an activating group) is 2. The van der Waals surface area contributed by atoms with Crippen LogP contribution in [0.3, 0.4) is 0 Å². The SMILES string of the molecule is COc1cc2cc(c1Cl)N(C)C(=O)C[C@H](OC(=O)[C@H](C)N(C)C(=O)CCOC(=O)NC(CN(C)C(=O)OC1/C=C/CCCCC1)C(=O)ON1C(=O)CCC1O)C1(C)C[C@H]1[C@H](C)[C@@H]1C[C@@](O)(NC(=O)O1)[C@H](OC)/C=C/C=C(\C)C2. The molecular weight excluding hydrogens is 1040 g/mol. The number of alkyl carbamates (subject to hydrolysis) is 2. The molecule has 1 aromatic rings. The Morgan fingerprint density at radius 3 is 2.45 bits per heavy atom. The van der Waals surface area contributed by atoms with Gasteiger partial charge in [0.15, 0.2) is 12.0 Å². The maximum Gasteiger partial charge on any atom is 0.410 e. The van der Waals surface area contributed by atoms with Crippen LogP contribution in [0.25, 0.3) is 0 Å². The number of amides is 6. The van der Waals surface area contributed by atoms with Crippen molar-refractivity contribution in [3.63, 3.8) is 0 Å². The first-order valence-corrected chi connectivity index (χ1v) is 26.7. The summed E-state index contributed by atoms with van der Waals surface area (Å²) >= 11 is 6.84. The Balaban J connectivity index is 1.14. The monoisotopic (exact) mass is 1110 g/mol. The van der Waals surface area contributed by atoms with Gasteiger partial charge in [0.05, 0.1) is 32.2 Å². The van der Waals surface area contributed by atoms with E-state index >= 15 is 0 Å². The van der Waals surface area contributed by atoms with Crippen LogP contribution in [0.4, 0.5) is 20.1 Å². The number of carbonyl (C=O) groups is 8. The smallest absolute Gasteiger partial charge is 0.410 e. The zero-order chi connectivity index (χ0) is 57.2. The number of halogens is 1. The quantitative estimate of drug-likeness (QED) is 0.106. The van der Waals surface area contributed by atoms with Crippen LogP contribution in [0.1, 0.15) is 104 Å². The summed E-state index contributed by atoms with van der Waals surface area (Å²) in [5.74, 6) is -4.27. The lowest BCUT2D eigenvalue weighted by Gasteiger charge is -2.42. The summed E-state index contributed by atoms with van der Waals surface area (Å²) < 4.78 is 34.2. The lowest BCUT2D eigenvalue weighted by molar-refractivity contribution is -0.222. The van der Waals surface area contributed by atoms with Crippen molar-refractivity contribution in [3.05, 3.63) is 58.7 Å². The Bertz CT molecular complexity index is 2510. The fourth-order valence-electron chi connectivity index (χ4n) is 10.3. The fraction of sp³-hybridized carbons (Fsp3) is 0.630. The molecule has 430 valence electrons. The number of ether oxygens (including phenoxy) is 6. The molecule has 3 heterocycles. The van der Waals surface area contributed by atoms with Crippen LogP contribution in [0.2, 0.25) is 5.02 Å². The van der Waals surface area contributed by atoms with Crippen LogP contribution in [0.5, 0.6) is 5.75 Å². The van der Waals surface area contributed by atoms with Gasteiger partial charge in [0.2, 0.25) is 11.8 Å². The predicted molar refractivity (Wildman–Crippen MR) is 280 cm³/mol. The first-order chi connectivity index (χ1) is 36.9. The van der Waals surface area contributed by atoms with Gasteiger partial charge in [-0.15, -0.1) is 5.06 Å². The first-order valence-electron chi connectivity index (χ1n) is 26.3. The van der Waals surface area contributed by atoms with E-state index in [0.717, 1.165) is 46.6 Å². The Kier molecular flexibility index (Phi) is 20.6.